The average Bonchev–Trinajstić information content (AvgIpc) is 2.24. The molecule has 9 heteroatoms. The highest BCUT2D eigenvalue weighted by atomic mass is 31.2. The van der Waals surface area contributed by atoms with Crippen molar-refractivity contribution in [2.24, 2.45) is 0 Å². The maximum atomic E-state index is 11.0. The molecule has 0 amide bonds. The minimum absolute atomic E-state index is 0.203. The lowest BCUT2D eigenvalue weighted by atomic mass is 10.2. The highest BCUT2D eigenvalue weighted by Crippen LogP contribution is 2.54. The fourth-order valence-electron chi connectivity index (χ4n) is 1.29. The molecule has 0 saturated heterocycles. The molecule has 3 atom stereocenters. The van der Waals surface area contributed by atoms with Crippen molar-refractivity contribution >= 4 is 15.6 Å². The lowest BCUT2D eigenvalue weighted by Crippen LogP contribution is -2.11. The van der Waals surface area contributed by atoms with Crippen LogP contribution in [0.15, 0.2) is 24.4 Å². The zero-order valence-corrected chi connectivity index (χ0v) is 10.6. The fourth-order valence-corrected chi connectivity index (χ4v) is 3.34. The molecule has 7 nitrogen and oxygen atoms in total. The van der Waals surface area contributed by atoms with Crippen molar-refractivity contribution in [3.63, 3.8) is 0 Å². The SMILES string of the molecule is O=[PH](O)C(CC(O)c1ccccn1)P(=O)(O)O. The van der Waals surface area contributed by atoms with E-state index in [-0.39, 0.29) is 5.69 Å². The molecule has 0 bridgehead atoms. The first-order chi connectivity index (χ1) is 7.82. The van der Waals surface area contributed by atoms with Crippen molar-refractivity contribution in [3.05, 3.63) is 30.1 Å². The topological polar surface area (TPSA) is 128 Å². The standard InChI is InChI=1S/C8H13NO6P2/c10-7(6-3-1-2-4-9-6)5-8(16(11)12)17(13,14)15/h1-4,7-8,10,16H,5H2,(H,11,12)(H2,13,14,15). The van der Waals surface area contributed by atoms with Gasteiger partial charge in [0.15, 0.2) is 0 Å². The third-order valence-electron chi connectivity index (χ3n) is 2.17. The van der Waals surface area contributed by atoms with E-state index >= 15 is 0 Å². The second-order valence-corrected chi connectivity index (χ2v) is 7.11. The van der Waals surface area contributed by atoms with E-state index in [1.807, 2.05) is 0 Å². The lowest BCUT2D eigenvalue weighted by Gasteiger charge is -2.18. The van der Waals surface area contributed by atoms with Gasteiger partial charge in [0, 0.05) is 12.6 Å². The molecule has 0 saturated carbocycles. The highest BCUT2D eigenvalue weighted by molar-refractivity contribution is 7.65. The molecule has 17 heavy (non-hydrogen) atoms. The lowest BCUT2D eigenvalue weighted by molar-refractivity contribution is 0.163. The number of hydrogen-bond acceptors (Lipinski definition) is 4. The summed E-state index contributed by atoms with van der Waals surface area (Å²) in [5.41, 5.74) is 0.203. The minimum Gasteiger partial charge on any atom is -0.387 e. The Kier molecular flexibility index (Phi) is 5.01. The van der Waals surface area contributed by atoms with Crippen molar-refractivity contribution < 1.29 is 28.9 Å². The Balaban J connectivity index is 2.83. The number of aliphatic hydroxyl groups excluding tert-OH is 1. The van der Waals surface area contributed by atoms with Gasteiger partial charge in [-0.2, -0.15) is 0 Å². The van der Waals surface area contributed by atoms with Crippen LogP contribution < -0.4 is 0 Å². The van der Waals surface area contributed by atoms with Crippen LogP contribution in [0, 0.1) is 0 Å². The van der Waals surface area contributed by atoms with Crippen LogP contribution in [0.4, 0.5) is 0 Å². The van der Waals surface area contributed by atoms with Crippen LogP contribution in [0.5, 0.6) is 0 Å². The number of hydrogen-bond donors (Lipinski definition) is 4. The van der Waals surface area contributed by atoms with E-state index in [1.165, 1.54) is 12.3 Å². The van der Waals surface area contributed by atoms with Crippen LogP contribution in [0.25, 0.3) is 0 Å². The maximum Gasteiger partial charge on any atom is 0.338 e. The van der Waals surface area contributed by atoms with Gasteiger partial charge in [-0.25, -0.2) is 0 Å². The highest BCUT2D eigenvalue weighted by Gasteiger charge is 2.35. The van der Waals surface area contributed by atoms with Crippen LogP contribution >= 0.6 is 15.6 Å². The van der Waals surface area contributed by atoms with Crippen LogP contribution in [0.2, 0.25) is 0 Å². The van der Waals surface area contributed by atoms with Crippen molar-refractivity contribution in [2.75, 3.05) is 0 Å². The van der Waals surface area contributed by atoms with Gasteiger partial charge in [0.1, 0.15) is 5.40 Å². The summed E-state index contributed by atoms with van der Waals surface area (Å²) in [4.78, 5) is 30.4. The Morgan fingerprint density at radius 1 is 1.41 bits per heavy atom. The van der Waals surface area contributed by atoms with E-state index in [2.05, 4.69) is 4.98 Å². The Bertz CT molecular complexity index is 433. The summed E-state index contributed by atoms with van der Waals surface area (Å²) >= 11 is 0. The zero-order chi connectivity index (χ0) is 13.1. The molecule has 96 valence electrons. The second kappa shape index (κ2) is 5.87. The van der Waals surface area contributed by atoms with E-state index in [0.717, 1.165) is 0 Å². The van der Waals surface area contributed by atoms with E-state index in [4.69, 9.17) is 14.7 Å². The number of nitrogens with zero attached hydrogens (tertiary/aromatic N) is 1. The molecule has 0 spiro atoms. The normalized spacial score (nSPS) is 17.4. The van der Waals surface area contributed by atoms with Gasteiger partial charge in [-0.15, -0.1) is 0 Å². The summed E-state index contributed by atoms with van der Waals surface area (Å²) < 4.78 is 21.8. The van der Waals surface area contributed by atoms with Crippen LogP contribution in [0.3, 0.4) is 0 Å². The molecule has 0 aliphatic heterocycles. The van der Waals surface area contributed by atoms with Gasteiger partial charge in [0.25, 0.3) is 0 Å². The van der Waals surface area contributed by atoms with Crippen LogP contribution in [0.1, 0.15) is 18.2 Å². The van der Waals surface area contributed by atoms with Crippen molar-refractivity contribution in [3.8, 4) is 0 Å². The molecule has 1 rings (SSSR count). The Morgan fingerprint density at radius 2 is 2.06 bits per heavy atom. The van der Waals surface area contributed by atoms with E-state index in [1.54, 1.807) is 12.1 Å². The summed E-state index contributed by atoms with van der Waals surface area (Å²) in [6.45, 7) is 0. The molecule has 0 aliphatic carbocycles. The van der Waals surface area contributed by atoms with Crippen LogP contribution in [-0.2, 0) is 9.13 Å². The molecule has 0 aliphatic rings. The summed E-state index contributed by atoms with van der Waals surface area (Å²) in [7, 11) is -8.14. The number of pyridine rings is 1. The second-order valence-electron chi connectivity index (χ2n) is 3.45. The first kappa shape index (κ1) is 14.5. The maximum absolute atomic E-state index is 11.0. The third kappa shape index (κ3) is 4.32. The summed E-state index contributed by atoms with van der Waals surface area (Å²) in [6, 6.07) is 4.68. The van der Waals surface area contributed by atoms with Gasteiger partial charge >= 0.3 is 7.60 Å². The molecular formula is C8H13NO6P2. The summed E-state index contributed by atoms with van der Waals surface area (Å²) in [5.74, 6) is 0. The minimum atomic E-state index is -4.71. The Morgan fingerprint density at radius 3 is 2.47 bits per heavy atom. The first-order valence-corrected chi connectivity index (χ1v) is 7.81. The third-order valence-corrected chi connectivity index (χ3v) is 5.67. The predicted octanol–water partition coefficient (Wildman–Crippen LogP) is 0.476. The quantitative estimate of drug-likeness (QED) is 0.577. The molecule has 1 heterocycles. The summed E-state index contributed by atoms with van der Waals surface area (Å²) in [6.07, 6.45) is -0.377. The van der Waals surface area contributed by atoms with Crippen LogP contribution in [-0.4, -0.2) is 30.2 Å². The number of aliphatic hydroxyl groups is 1. The first-order valence-electron chi connectivity index (χ1n) is 4.69. The monoisotopic (exact) mass is 281 g/mol. The van der Waals surface area contributed by atoms with Gasteiger partial charge in [-0.3, -0.25) is 14.1 Å². The molecule has 1 aromatic heterocycles. The fraction of sp³-hybridized carbons (Fsp3) is 0.375. The van der Waals surface area contributed by atoms with Gasteiger partial charge < -0.3 is 19.8 Å². The zero-order valence-electron chi connectivity index (χ0n) is 8.67. The molecular weight excluding hydrogens is 268 g/mol. The Labute approximate surface area is 98.2 Å². The molecule has 1 aromatic rings. The van der Waals surface area contributed by atoms with Crippen molar-refractivity contribution in [1.29, 1.82) is 0 Å². The van der Waals surface area contributed by atoms with Gasteiger partial charge in [0.05, 0.1) is 11.8 Å². The predicted molar refractivity (Wildman–Crippen MR) is 60.9 cm³/mol. The number of aromatic nitrogens is 1. The van der Waals surface area contributed by atoms with E-state index in [9.17, 15) is 14.2 Å². The van der Waals surface area contributed by atoms with Gasteiger partial charge in [-0.05, 0) is 12.1 Å². The van der Waals surface area contributed by atoms with Gasteiger partial charge in [0.2, 0.25) is 8.03 Å². The molecule has 0 fully saturated rings. The Hall–Kier alpha value is -0.550. The average molecular weight is 281 g/mol. The largest absolute Gasteiger partial charge is 0.387 e. The van der Waals surface area contributed by atoms with Gasteiger partial charge in [-0.1, -0.05) is 6.07 Å². The van der Waals surface area contributed by atoms with Crippen molar-refractivity contribution in [1.82, 2.24) is 4.98 Å². The summed E-state index contributed by atoms with van der Waals surface area (Å²) in [5, 5.41) is 7.92. The molecule has 0 aromatic carbocycles. The molecule has 0 radical (unpaired) electrons. The molecule has 4 N–H and O–H groups in total. The van der Waals surface area contributed by atoms with Crippen molar-refractivity contribution in [2.45, 2.75) is 17.9 Å². The smallest absolute Gasteiger partial charge is 0.338 e. The molecule has 3 unspecified atom stereocenters. The van der Waals surface area contributed by atoms with E-state index < -0.39 is 33.5 Å². The number of rotatable bonds is 5. The van der Waals surface area contributed by atoms with E-state index in [0.29, 0.717) is 0 Å².